The van der Waals surface area contributed by atoms with Gasteiger partial charge in [-0.3, -0.25) is 28.8 Å². The van der Waals surface area contributed by atoms with Crippen LogP contribution in [0.25, 0.3) is 26.7 Å². The van der Waals surface area contributed by atoms with Gasteiger partial charge in [-0.05, 0) is 91.6 Å². The van der Waals surface area contributed by atoms with Crippen molar-refractivity contribution in [3.05, 3.63) is 105 Å². The summed E-state index contributed by atoms with van der Waals surface area (Å²) >= 11 is 11.5. The molecule has 56 heavy (non-hydrogen) atoms. The van der Waals surface area contributed by atoms with E-state index in [9.17, 15) is 19.5 Å². The number of carbonyl (C=O) groups excluding carboxylic acids is 4. The zero-order valence-electron chi connectivity index (χ0n) is 30.9. The van der Waals surface area contributed by atoms with E-state index in [2.05, 4.69) is 22.5 Å². The lowest BCUT2D eigenvalue weighted by Crippen LogP contribution is -2.49. The second-order valence-electron chi connectivity index (χ2n) is 15.2. The topological polar surface area (TPSA) is 122 Å². The van der Waals surface area contributed by atoms with Crippen molar-refractivity contribution in [3.63, 3.8) is 0 Å². The fourth-order valence-corrected chi connectivity index (χ4v) is 11.5. The maximum Gasteiger partial charge on any atom is 0.242 e. The molecule has 13 heteroatoms. The third-order valence-electron chi connectivity index (χ3n) is 12.5. The first-order valence-electron chi connectivity index (χ1n) is 18.3. The van der Waals surface area contributed by atoms with Crippen LogP contribution >= 0.6 is 38.9 Å². The first-order chi connectivity index (χ1) is 26.8. The summed E-state index contributed by atoms with van der Waals surface area (Å²) in [6.45, 7) is 7.58. The Bertz CT molecular complexity index is 2610. The van der Waals surface area contributed by atoms with Crippen LogP contribution in [0.4, 0.5) is 11.5 Å². The van der Waals surface area contributed by atoms with Gasteiger partial charge in [-0.25, -0.2) is 4.90 Å². The largest absolute Gasteiger partial charge is 0.504 e. The highest BCUT2D eigenvalue weighted by molar-refractivity contribution is 9.10. The number of phenols is 1. The lowest BCUT2D eigenvalue weighted by molar-refractivity contribution is -0.131. The van der Waals surface area contributed by atoms with Crippen LogP contribution in [0.2, 0.25) is 5.02 Å². The van der Waals surface area contributed by atoms with Gasteiger partial charge < -0.3 is 9.84 Å². The maximum absolute atomic E-state index is 15.2. The van der Waals surface area contributed by atoms with Crippen molar-refractivity contribution >= 4 is 90.2 Å². The number of aromatic hydroxyl groups is 1. The minimum atomic E-state index is -1.39. The number of aromatic nitrogens is 2. The summed E-state index contributed by atoms with van der Waals surface area (Å²) < 4.78 is 8.75. The van der Waals surface area contributed by atoms with Gasteiger partial charge >= 0.3 is 0 Å². The van der Waals surface area contributed by atoms with Crippen molar-refractivity contribution < 1.29 is 29.0 Å². The van der Waals surface area contributed by atoms with E-state index < -0.39 is 46.8 Å². The Kier molecular flexibility index (Phi) is 8.50. The molecule has 0 bridgehead atoms. The number of benzene rings is 3. The summed E-state index contributed by atoms with van der Waals surface area (Å²) in [7, 11) is 3.15. The molecule has 0 unspecified atom stereocenters. The van der Waals surface area contributed by atoms with Crippen LogP contribution < -0.4 is 14.5 Å². The summed E-state index contributed by atoms with van der Waals surface area (Å²) in [6, 6.07) is 17.9. The van der Waals surface area contributed by atoms with E-state index >= 15 is 4.79 Å². The van der Waals surface area contributed by atoms with E-state index in [0.717, 1.165) is 31.7 Å². The molecule has 6 atom stereocenters. The van der Waals surface area contributed by atoms with E-state index in [4.69, 9.17) is 21.4 Å². The number of allylic oxidation sites excluding steroid dienone is 2. The number of nitrogens with zero attached hydrogens (tertiary/aromatic N) is 4. The van der Waals surface area contributed by atoms with Gasteiger partial charge in [-0.15, -0.1) is 11.3 Å². The van der Waals surface area contributed by atoms with Gasteiger partial charge in [0.2, 0.25) is 23.6 Å². The lowest BCUT2D eigenvalue weighted by Gasteiger charge is -2.49. The molecule has 0 spiro atoms. The Labute approximate surface area is 340 Å². The predicted molar refractivity (Wildman–Crippen MR) is 220 cm³/mol. The number of fused-ring (bicyclic) bond motifs is 5. The van der Waals surface area contributed by atoms with Gasteiger partial charge in [0.25, 0.3) is 0 Å². The molecule has 2 saturated heterocycles. The molecule has 2 aromatic heterocycles. The van der Waals surface area contributed by atoms with Crippen molar-refractivity contribution in [2.45, 2.75) is 32.6 Å². The Balaban J connectivity index is 1.17. The third-order valence-corrected chi connectivity index (χ3v) is 14.5. The monoisotopic (exact) mass is 850 g/mol. The summed E-state index contributed by atoms with van der Waals surface area (Å²) in [4.78, 5) is 62.2. The summed E-state index contributed by atoms with van der Waals surface area (Å²) in [6.07, 6.45) is 4.08. The van der Waals surface area contributed by atoms with Gasteiger partial charge in [0, 0.05) is 38.8 Å². The average Bonchev–Trinajstić information content (AvgIpc) is 3.85. The molecule has 3 aromatic carbocycles. The van der Waals surface area contributed by atoms with Crippen molar-refractivity contribution in [2.75, 3.05) is 16.9 Å². The van der Waals surface area contributed by atoms with Crippen LogP contribution in [0.3, 0.4) is 0 Å². The molecule has 3 fully saturated rings. The van der Waals surface area contributed by atoms with Gasteiger partial charge in [-0.1, -0.05) is 64.0 Å². The van der Waals surface area contributed by atoms with Gasteiger partial charge in [0.15, 0.2) is 11.5 Å². The Morgan fingerprint density at radius 3 is 2.48 bits per heavy atom. The number of methoxy groups -OCH3 is 1. The number of hydrogen-bond donors (Lipinski definition) is 1. The Morgan fingerprint density at radius 1 is 1.02 bits per heavy atom. The van der Waals surface area contributed by atoms with E-state index in [-0.39, 0.29) is 36.2 Å². The molecule has 5 aromatic rings. The molecule has 4 heterocycles. The van der Waals surface area contributed by atoms with Crippen LogP contribution in [0.5, 0.6) is 11.5 Å². The lowest BCUT2D eigenvalue weighted by atomic mass is 9.51. The van der Waals surface area contributed by atoms with Crippen LogP contribution in [-0.4, -0.2) is 45.6 Å². The van der Waals surface area contributed by atoms with Crippen LogP contribution in [0.15, 0.2) is 83.4 Å². The number of phenolic OH excluding ortho intramolecular Hbond substituents is 1. The van der Waals surface area contributed by atoms with Crippen molar-refractivity contribution in [2.24, 2.45) is 36.1 Å². The number of carbonyl (C=O) groups is 4. The third kappa shape index (κ3) is 5.08. The number of amides is 4. The van der Waals surface area contributed by atoms with Crippen molar-refractivity contribution in [3.8, 4) is 22.1 Å². The SMILES string of the molecule is C=Cc1ccc(N2C(=O)[C@H]3[C@H](CC=C4[C@H]3C[C@H]3C(=O)N(c5cc(-c6sc7ccc(Cl)cc7c6C)nn5C)C(=O)[C@@]3(C)[C@H]4c3cc(Br)cc(OC)c3O)C2=O)cc1. The highest BCUT2D eigenvalue weighted by Crippen LogP contribution is 2.65. The maximum atomic E-state index is 15.2. The molecule has 1 N–H and O–H groups in total. The van der Waals surface area contributed by atoms with Gasteiger partial charge in [0.05, 0.1) is 40.8 Å². The Hall–Kier alpha value is -5.04. The number of halogens is 2. The molecule has 1 saturated carbocycles. The first-order valence-corrected chi connectivity index (χ1v) is 20.2. The van der Waals surface area contributed by atoms with Crippen LogP contribution in [-0.2, 0) is 26.2 Å². The standard InChI is InChI=1S/C43H36BrClN4O6S/c1-6-21-7-10-24(11-8-21)48-39(51)26-13-12-25-28(35(26)41(48)53)18-30-40(52)49(42(54)43(30,3)36(25)29-15-22(44)16-32(55-5)37(29)50)34-19-31(46-47(34)4)38-20(2)27-17-23(45)9-14-33(27)56-38/h6-12,14-17,19,26,28,30,35-36,50H,1,13,18H2,2-5H3/t26-,28+,30-,35-,36+,43+/m0/s1. The summed E-state index contributed by atoms with van der Waals surface area (Å²) in [5, 5.41) is 18.2. The quantitative estimate of drug-likeness (QED) is 0.134. The fraction of sp³-hybridized carbons (Fsp3) is 0.279. The number of aryl methyl sites for hydroxylation is 2. The van der Waals surface area contributed by atoms with E-state index in [1.807, 2.05) is 31.2 Å². The number of hydrogen-bond acceptors (Lipinski definition) is 8. The van der Waals surface area contributed by atoms with Crippen LogP contribution in [0.1, 0.15) is 42.4 Å². The van der Waals surface area contributed by atoms with Gasteiger partial charge in [-0.2, -0.15) is 5.10 Å². The normalized spacial score (nSPS) is 25.8. The number of anilines is 2. The molecule has 10 nitrogen and oxygen atoms in total. The predicted octanol–water partition coefficient (Wildman–Crippen LogP) is 8.82. The second kappa shape index (κ2) is 13.0. The Morgan fingerprint density at radius 2 is 1.77 bits per heavy atom. The van der Waals surface area contributed by atoms with Crippen molar-refractivity contribution in [1.29, 1.82) is 0 Å². The average molecular weight is 852 g/mol. The van der Waals surface area contributed by atoms with Crippen molar-refractivity contribution in [1.82, 2.24) is 9.78 Å². The number of ether oxygens (including phenoxy) is 1. The molecular formula is C43H36BrClN4O6S. The smallest absolute Gasteiger partial charge is 0.242 e. The molecular weight excluding hydrogens is 816 g/mol. The van der Waals surface area contributed by atoms with Crippen LogP contribution in [0, 0.1) is 36.0 Å². The molecule has 0 radical (unpaired) electrons. The highest BCUT2D eigenvalue weighted by Gasteiger charge is 2.68. The zero-order chi connectivity index (χ0) is 39.5. The number of rotatable bonds is 6. The molecule has 4 aliphatic rings. The summed E-state index contributed by atoms with van der Waals surface area (Å²) in [5.74, 6) is -4.89. The molecule has 2 aliphatic heterocycles. The first kappa shape index (κ1) is 36.6. The van der Waals surface area contributed by atoms with E-state index in [1.165, 1.54) is 16.9 Å². The highest BCUT2D eigenvalue weighted by atomic mass is 79.9. The second-order valence-corrected chi connectivity index (χ2v) is 17.6. The molecule has 284 valence electrons. The zero-order valence-corrected chi connectivity index (χ0v) is 34.0. The van der Waals surface area contributed by atoms with Gasteiger partial charge in [0.1, 0.15) is 11.5 Å². The minimum absolute atomic E-state index is 0.163. The molecule has 4 amide bonds. The molecule has 9 rings (SSSR count). The number of imide groups is 2. The fourth-order valence-electron chi connectivity index (χ4n) is 9.78. The summed E-state index contributed by atoms with van der Waals surface area (Å²) in [5.41, 5.74) is 2.67. The molecule has 2 aliphatic carbocycles. The van der Waals surface area contributed by atoms with E-state index in [0.29, 0.717) is 32.3 Å². The number of thiophene rings is 1. The minimum Gasteiger partial charge on any atom is -0.504 e. The van der Waals surface area contributed by atoms with E-state index in [1.54, 1.807) is 78.5 Å².